The number of pyridine rings is 1. The molecule has 0 fully saturated rings. The summed E-state index contributed by atoms with van der Waals surface area (Å²) in [6, 6.07) is 57.7. The Kier molecular flexibility index (Phi) is 5.81. The maximum Gasteiger partial charge on any atom is 0.0715 e. The van der Waals surface area contributed by atoms with Gasteiger partial charge in [0.15, 0.2) is 0 Å². The number of benzene rings is 8. The first-order valence-electron chi connectivity index (χ1n) is 16.0. The van der Waals surface area contributed by atoms with E-state index in [4.69, 9.17) is 4.98 Å². The number of rotatable bonds is 3. The van der Waals surface area contributed by atoms with Gasteiger partial charge in [-0.15, -0.1) is 11.3 Å². The molecule has 47 heavy (non-hydrogen) atoms. The fourth-order valence-electron chi connectivity index (χ4n) is 7.52. The van der Waals surface area contributed by atoms with E-state index in [1.165, 1.54) is 91.3 Å². The molecule has 218 valence electrons. The molecule has 10 aromatic rings. The van der Waals surface area contributed by atoms with Gasteiger partial charge in [0, 0.05) is 27.1 Å². The van der Waals surface area contributed by atoms with Gasteiger partial charge < -0.3 is 0 Å². The van der Waals surface area contributed by atoms with Crippen molar-refractivity contribution in [1.29, 1.82) is 0 Å². The molecule has 0 radical (unpaired) electrons. The second-order valence-electron chi connectivity index (χ2n) is 12.3. The standard InChI is InChI=1S/C45H27NS/c1-2-10-31-25-33(22-19-28(31)9-1)44-36-13-5-3-11-34(36)43(35-12-4-6-14-37(35)44)30-20-17-29(18-21-30)32-23-24-38-40(26-32)46-27-42-45(38)39-15-7-8-16-41(39)47-42/h1-27H. The van der Waals surface area contributed by atoms with Gasteiger partial charge >= 0.3 is 0 Å². The van der Waals surface area contributed by atoms with E-state index in [1.807, 2.05) is 17.5 Å². The molecule has 0 amide bonds. The molecule has 0 spiro atoms. The van der Waals surface area contributed by atoms with Gasteiger partial charge in [-0.2, -0.15) is 0 Å². The minimum absolute atomic E-state index is 1.03. The zero-order valence-corrected chi connectivity index (χ0v) is 26.3. The topological polar surface area (TPSA) is 12.9 Å². The Hall–Kier alpha value is -5.83. The minimum Gasteiger partial charge on any atom is -0.255 e. The molecule has 0 saturated heterocycles. The summed E-state index contributed by atoms with van der Waals surface area (Å²) in [5, 5.41) is 11.4. The van der Waals surface area contributed by atoms with Crippen LogP contribution < -0.4 is 0 Å². The monoisotopic (exact) mass is 613 g/mol. The third-order valence-corrected chi connectivity index (χ3v) is 10.8. The van der Waals surface area contributed by atoms with E-state index in [1.54, 1.807) is 0 Å². The van der Waals surface area contributed by atoms with Gasteiger partial charge in [-0.05, 0) is 83.9 Å². The predicted octanol–water partition coefficient (Wildman–Crippen LogP) is 13.1. The molecular weight excluding hydrogens is 587 g/mol. The lowest BCUT2D eigenvalue weighted by Crippen LogP contribution is -1.91. The first-order valence-corrected chi connectivity index (χ1v) is 16.9. The Balaban J connectivity index is 1.12. The van der Waals surface area contributed by atoms with Gasteiger partial charge in [0.25, 0.3) is 0 Å². The quantitative estimate of drug-likeness (QED) is 0.181. The highest BCUT2D eigenvalue weighted by molar-refractivity contribution is 7.26. The highest BCUT2D eigenvalue weighted by Crippen LogP contribution is 2.44. The van der Waals surface area contributed by atoms with Crippen LogP contribution in [0.3, 0.4) is 0 Å². The smallest absolute Gasteiger partial charge is 0.0715 e. The molecule has 0 atom stereocenters. The van der Waals surface area contributed by atoms with E-state index in [2.05, 4.69) is 158 Å². The summed E-state index contributed by atoms with van der Waals surface area (Å²) in [4.78, 5) is 4.88. The highest BCUT2D eigenvalue weighted by Gasteiger charge is 2.17. The second kappa shape index (κ2) is 10.3. The summed E-state index contributed by atoms with van der Waals surface area (Å²) < 4.78 is 2.55. The van der Waals surface area contributed by atoms with E-state index < -0.39 is 0 Å². The Morgan fingerprint density at radius 3 is 1.64 bits per heavy atom. The van der Waals surface area contributed by atoms with E-state index in [0.717, 1.165) is 5.52 Å². The van der Waals surface area contributed by atoms with E-state index in [-0.39, 0.29) is 0 Å². The Labute approximate surface area is 276 Å². The van der Waals surface area contributed by atoms with Gasteiger partial charge in [0.2, 0.25) is 0 Å². The van der Waals surface area contributed by atoms with Gasteiger partial charge in [-0.3, -0.25) is 4.98 Å². The maximum atomic E-state index is 4.88. The molecule has 0 N–H and O–H groups in total. The lowest BCUT2D eigenvalue weighted by atomic mass is 9.85. The van der Waals surface area contributed by atoms with Crippen molar-refractivity contribution in [3.05, 3.63) is 164 Å². The zero-order chi connectivity index (χ0) is 30.9. The van der Waals surface area contributed by atoms with Crippen LogP contribution >= 0.6 is 11.3 Å². The second-order valence-corrected chi connectivity index (χ2v) is 13.4. The molecular formula is C45H27NS. The summed E-state index contributed by atoms with van der Waals surface area (Å²) in [6.07, 6.45) is 2.03. The SMILES string of the molecule is c1ccc2cc(-c3c4ccccc4c(-c4ccc(-c5ccc6c(c5)ncc5sc7ccccc7c56)cc4)c4ccccc34)ccc2c1. The average Bonchev–Trinajstić information content (AvgIpc) is 3.53. The van der Waals surface area contributed by atoms with Crippen LogP contribution in [0.2, 0.25) is 0 Å². The Morgan fingerprint density at radius 2 is 0.915 bits per heavy atom. The summed E-state index contributed by atoms with van der Waals surface area (Å²) >= 11 is 1.82. The molecule has 0 aliphatic carbocycles. The number of aromatic nitrogens is 1. The fraction of sp³-hybridized carbons (Fsp3) is 0. The number of fused-ring (bicyclic) bond motifs is 8. The molecule has 2 heteroatoms. The van der Waals surface area contributed by atoms with Crippen LogP contribution in [0.5, 0.6) is 0 Å². The first-order chi connectivity index (χ1) is 23.3. The van der Waals surface area contributed by atoms with Crippen LogP contribution in [0.4, 0.5) is 0 Å². The van der Waals surface area contributed by atoms with Crippen molar-refractivity contribution in [3.63, 3.8) is 0 Å². The lowest BCUT2D eigenvalue weighted by Gasteiger charge is -2.18. The van der Waals surface area contributed by atoms with E-state index in [9.17, 15) is 0 Å². The minimum atomic E-state index is 1.03. The van der Waals surface area contributed by atoms with Crippen LogP contribution in [0, 0.1) is 0 Å². The molecule has 2 aromatic heterocycles. The van der Waals surface area contributed by atoms with Crippen LogP contribution in [-0.4, -0.2) is 4.98 Å². The number of hydrogen-bond acceptors (Lipinski definition) is 2. The predicted molar refractivity (Wildman–Crippen MR) is 203 cm³/mol. The molecule has 2 heterocycles. The molecule has 1 nitrogen and oxygen atoms in total. The number of nitrogens with zero attached hydrogens (tertiary/aromatic N) is 1. The van der Waals surface area contributed by atoms with Gasteiger partial charge in [-0.25, -0.2) is 0 Å². The summed E-state index contributed by atoms with van der Waals surface area (Å²) in [7, 11) is 0. The fourth-order valence-corrected chi connectivity index (χ4v) is 8.61. The van der Waals surface area contributed by atoms with Crippen LogP contribution in [0.15, 0.2) is 164 Å². The van der Waals surface area contributed by atoms with Crippen LogP contribution in [0.25, 0.3) is 96.8 Å². The zero-order valence-electron chi connectivity index (χ0n) is 25.4. The summed E-state index contributed by atoms with van der Waals surface area (Å²) in [6.45, 7) is 0. The molecule has 0 aliphatic rings. The Morgan fingerprint density at radius 1 is 0.362 bits per heavy atom. The van der Waals surface area contributed by atoms with Crippen molar-refractivity contribution in [2.45, 2.75) is 0 Å². The van der Waals surface area contributed by atoms with E-state index in [0.29, 0.717) is 0 Å². The van der Waals surface area contributed by atoms with Crippen molar-refractivity contribution in [3.8, 4) is 33.4 Å². The normalized spacial score (nSPS) is 11.8. The van der Waals surface area contributed by atoms with Crippen molar-refractivity contribution in [2.24, 2.45) is 0 Å². The van der Waals surface area contributed by atoms with Gasteiger partial charge in [0.05, 0.1) is 10.2 Å². The Bertz CT molecular complexity index is 2780. The molecule has 10 rings (SSSR count). The molecule has 8 aromatic carbocycles. The van der Waals surface area contributed by atoms with Crippen molar-refractivity contribution in [1.82, 2.24) is 4.98 Å². The van der Waals surface area contributed by atoms with Gasteiger partial charge in [-0.1, -0.05) is 140 Å². The average molecular weight is 614 g/mol. The highest BCUT2D eigenvalue weighted by atomic mass is 32.1. The van der Waals surface area contributed by atoms with Gasteiger partial charge in [0.1, 0.15) is 0 Å². The maximum absolute atomic E-state index is 4.88. The largest absolute Gasteiger partial charge is 0.255 e. The third kappa shape index (κ3) is 4.12. The first kappa shape index (κ1) is 26.4. The molecule has 0 saturated carbocycles. The number of hydrogen-bond donors (Lipinski definition) is 0. The van der Waals surface area contributed by atoms with Crippen molar-refractivity contribution in [2.75, 3.05) is 0 Å². The lowest BCUT2D eigenvalue weighted by molar-refractivity contribution is 1.45. The molecule has 0 aliphatic heterocycles. The number of thiophene rings is 1. The third-order valence-electron chi connectivity index (χ3n) is 9.69. The van der Waals surface area contributed by atoms with Crippen molar-refractivity contribution < 1.29 is 0 Å². The summed E-state index contributed by atoms with van der Waals surface area (Å²) in [5.74, 6) is 0. The molecule has 0 unspecified atom stereocenters. The molecule has 0 bridgehead atoms. The summed E-state index contributed by atoms with van der Waals surface area (Å²) in [5.41, 5.74) is 8.43. The van der Waals surface area contributed by atoms with Crippen LogP contribution in [0.1, 0.15) is 0 Å². The van der Waals surface area contributed by atoms with Crippen LogP contribution in [-0.2, 0) is 0 Å². The van der Waals surface area contributed by atoms with E-state index >= 15 is 0 Å². The van der Waals surface area contributed by atoms with Crippen molar-refractivity contribution >= 4 is 74.7 Å².